The first-order valence-corrected chi connectivity index (χ1v) is 9.73. The Labute approximate surface area is 152 Å². The fourth-order valence-electron chi connectivity index (χ4n) is 2.32. The van der Waals surface area contributed by atoms with Gasteiger partial charge in [-0.25, -0.2) is 17.9 Å². The van der Waals surface area contributed by atoms with Gasteiger partial charge in [0.15, 0.2) is 12.4 Å². The van der Waals surface area contributed by atoms with E-state index in [9.17, 15) is 18.0 Å². The summed E-state index contributed by atoms with van der Waals surface area (Å²) in [6.45, 7) is 1.51. The Hall–Kier alpha value is -2.51. The number of nitrogens with one attached hydrogen (secondary N) is 1. The van der Waals surface area contributed by atoms with Gasteiger partial charge < -0.3 is 4.74 Å². The average molecular weight is 373 g/mol. The number of ether oxygens (including phenoxy) is 1. The van der Waals surface area contributed by atoms with Crippen LogP contribution in [-0.2, 0) is 14.8 Å². The van der Waals surface area contributed by atoms with E-state index in [-0.39, 0.29) is 22.3 Å². The zero-order chi connectivity index (χ0) is 18.7. The molecule has 0 saturated heterocycles. The first-order chi connectivity index (χ1) is 12.3. The van der Waals surface area contributed by atoms with Gasteiger partial charge in [-0.3, -0.25) is 4.79 Å². The van der Waals surface area contributed by atoms with Gasteiger partial charge in [0.2, 0.25) is 10.0 Å². The third-order valence-electron chi connectivity index (χ3n) is 3.99. The smallest absolute Gasteiger partial charge is 0.338 e. The number of carbonyl (C=O) groups is 2. The molecule has 1 aliphatic carbocycles. The van der Waals surface area contributed by atoms with E-state index in [1.807, 2.05) is 6.92 Å². The summed E-state index contributed by atoms with van der Waals surface area (Å²) in [7, 11) is -3.66. The Morgan fingerprint density at radius 1 is 1.08 bits per heavy atom. The molecule has 0 heterocycles. The first-order valence-electron chi connectivity index (χ1n) is 8.24. The molecule has 0 amide bonds. The molecule has 26 heavy (non-hydrogen) atoms. The number of hydrogen-bond acceptors (Lipinski definition) is 5. The summed E-state index contributed by atoms with van der Waals surface area (Å²) in [6.07, 6.45) is 1.64. The van der Waals surface area contributed by atoms with Gasteiger partial charge in [0.1, 0.15) is 0 Å². The number of sulfonamides is 1. The van der Waals surface area contributed by atoms with Crippen molar-refractivity contribution in [3.63, 3.8) is 0 Å². The van der Waals surface area contributed by atoms with Crippen molar-refractivity contribution in [3.8, 4) is 0 Å². The van der Waals surface area contributed by atoms with Crippen LogP contribution in [0.4, 0.5) is 0 Å². The average Bonchev–Trinajstić information content (AvgIpc) is 3.43. The van der Waals surface area contributed by atoms with Crippen LogP contribution in [0.1, 0.15) is 39.1 Å². The fraction of sp³-hybridized carbons (Fsp3) is 0.263. The van der Waals surface area contributed by atoms with Crippen LogP contribution in [0.3, 0.4) is 0 Å². The van der Waals surface area contributed by atoms with Gasteiger partial charge in [-0.1, -0.05) is 35.9 Å². The molecule has 0 unspecified atom stereocenters. The summed E-state index contributed by atoms with van der Waals surface area (Å²) in [5.41, 5.74) is 1.56. The van der Waals surface area contributed by atoms with E-state index in [0.717, 1.165) is 18.4 Å². The molecular formula is C19H19NO5S. The molecule has 1 aliphatic rings. The Morgan fingerprint density at radius 3 is 2.42 bits per heavy atom. The van der Waals surface area contributed by atoms with E-state index >= 15 is 0 Å². The summed E-state index contributed by atoms with van der Waals surface area (Å²) in [5.74, 6) is -1.06. The maximum absolute atomic E-state index is 12.2. The highest BCUT2D eigenvalue weighted by Crippen LogP contribution is 2.22. The highest BCUT2D eigenvalue weighted by molar-refractivity contribution is 7.89. The van der Waals surface area contributed by atoms with Gasteiger partial charge in [0.05, 0.1) is 10.5 Å². The normalized spacial score (nSPS) is 14.0. The van der Waals surface area contributed by atoms with Crippen LogP contribution in [0.15, 0.2) is 53.4 Å². The van der Waals surface area contributed by atoms with Crippen LogP contribution in [0, 0.1) is 6.92 Å². The summed E-state index contributed by atoms with van der Waals surface area (Å²) in [6, 6.07) is 12.5. The number of carbonyl (C=O) groups excluding carboxylic acids is 2. The van der Waals surface area contributed by atoms with Crippen molar-refractivity contribution >= 4 is 21.8 Å². The second kappa shape index (κ2) is 7.39. The summed E-state index contributed by atoms with van der Waals surface area (Å²) < 4.78 is 32.0. The lowest BCUT2D eigenvalue weighted by Crippen LogP contribution is -2.26. The Kier molecular flexibility index (Phi) is 5.20. The number of hydrogen-bond donors (Lipinski definition) is 1. The summed E-state index contributed by atoms with van der Waals surface area (Å²) >= 11 is 0. The van der Waals surface area contributed by atoms with Crippen molar-refractivity contribution in [2.24, 2.45) is 0 Å². The highest BCUT2D eigenvalue weighted by Gasteiger charge is 2.28. The van der Waals surface area contributed by atoms with Crippen molar-refractivity contribution in [3.05, 3.63) is 65.2 Å². The van der Waals surface area contributed by atoms with Gasteiger partial charge in [-0.2, -0.15) is 0 Å². The van der Waals surface area contributed by atoms with E-state index in [4.69, 9.17) is 4.74 Å². The second-order valence-corrected chi connectivity index (χ2v) is 8.00. The summed E-state index contributed by atoms with van der Waals surface area (Å²) in [5, 5.41) is 0. The molecule has 0 aliphatic heterocycles. The topological polar surface area (TPSA) is 89.5 Å². The Bertz CT molecular complexity index is 931. The van der Waals surface area contributed by atoms with Crippen molar-refractivity contribution in [1.82, 2.24) is 4.72 Å². The van der Waals surface area contributed by atoms with Gasteiger partial charge >= 0.3 is 5.97 Å². The molecule has 0 radical (unpaired) electrons. The maximum Gasteiger partial charge on any atom is 0.338 e. The van der Waals surface area contributed by atoms with E-state index < -0.39 is 22.6 Å². The van der Waals surface area contributed by atoms with Crippen LogP contribution >= 0.6 is 0 Å². The van der Waals surface area contributed by atoms with Gasteiger partial charge in [-0.15, -0.1) is 0 Å². The minimum absolute atomic E-state index is 0.00344. The first kappa shape index (κ1) is 18.3. The lowest BCUT2D eigenvalue weighted by molar-refractivity contribution is 0.0474. The van der Waals surface area contributed by atoms with E-state index in [0.29, 0.717) is 5.56 Å². The molecule has 1 fully saturated rings. The number of Topliss-reactive ketones (excluding diaryl/α,β-unsaturated/α-hetero) is 1. The molecule has 0 bridgehead atoms. The zero-order valence-corrected chi connectivity index (χ0v) is 15.1. The molecule has 2 aromatic carbocycles. The van der Waals surface area contributed by atoms with E-state index in [2.05, 4.69) is 4.72 Å². The molecule has 6 nitrogen and oxygen atoms in total. The number of ketones is 1. The van der Waals surface area contributed by atoms with Crippen LogP contribution in [0.25, 0.3) is 0 Å². The number of rotatable bonds is 7. The molecule has 0 spiro atoms. The van der Waals surface area contributed by atoms with Gasteiger partial charge in [-0.05, 0) is 38.0 Å². The molecular weight excluding hydrogens is 354 g/mol. The van der Waals surface area contributed by atoms with E-state index in [1.54, 1.807) is 24.3 Å². The molecule has 1 N–H and O–H groups in total. The molecule has 1 saturated carbocycles. The molecule has 0 atom stereocenters. The van der Waals surface area contributed by atoms with Crippen molar-refractivity contribution in [1.29, 1.82) is 0 Å². The highest BCUT2D eigenvalue weighted by atomic mass is 32.2. The zero-order valence-electron chi connectivity index (χ0n) is 14.3. The quantitative estimate of drug-likeness (QED) is 0.595. The fourth-order valence-corrected chi connectivity index (χ4v) is 3.67. The van der Waals surface area contributed by atoms with E-state index in [1.165, 1.54) is 24.3 Å². The molecule has 2 aromatic rings. The monoisotopic (exact) mass is 373 g/mol. The van der Waals surface area contributed by atoms with Crippen molar-refractivity contribution < 1.29 is 22.7 Å². The van der Waals surface area contributed by atoms with Crippen molar-refractivity contribution in [2.75, 3.05) is 6.61 Å². The predicted molar refractivity (Wildman–Crippen MR) is 95.6 cm³/mol. The third kappa shape index (κ3) is 4.56. The second-order valence-electron chi connectivity index (χ2n) is 6.29. The number of benzene rings is 2. The van der Waals surface area contributed by atoms with Crippen LogP contribution in [0.5, 0.6) is 0 Å². The molecule has 0 aromatic heterocycles. The predicted octanol–water partition coefficient (Wildman–Crippen LogP) is 2.48. The molecule has 3 rings (SSSR count). The SMILES string of the molecule is Cc1ccc(C(=O)COC(=O)c2cccc(S(=O)(=O)NC3CC3)c2)cc1. The van der Waals surface area contributed by atoms with Crippen molar-refractivity contribution in [2.45, 2.75) is 30.7 Å². The lowest BCUT2D eigenvalue weighted by Gasteiger charge is -2.08. The Morgan fingerprint density at radius 2 is 1.77 bits per heavy atom. The maximum atomic E-state index is 12.2. The molecule has 7 heteroatoms. The largest absolute Gasteiger partial charge is 0.454 e. The van der Waals surface area contributed by atoms with Gasteiger partial charge in [0.25, 0.3) is 0 Å². The standard InChI is InChI=1S/C19H19NO5S/c1-13-5-7-14(8-6-13)18(21)12-25-19(22)15-3-2-4-17(11-15)26(23,24)20-16-9-10-16/h2-8,11,16,20H,9-10,12H2,1H3. The third-order valence-corrected chi connectivity index (χ3v) is 5.51. The van der Waals surface area contributed by atoms with Crippen LogP contribution in [0.2, 0.25) is 0 Å². The minimum Gasteiger partial charge on any atom is -0.454 e. The van der Waals surface area contributed by atoms with Crippen LogP contribution < -0.4 is 4.72 Å². The lowest BCUT2D eigenvalue weighted by atomic mass is 10.1. The molecule has 136 valence electrons. The number of esters is 1. The minimum atomic E-state index is -3.66. The van der Waals surface area contributed by atoms with Gasteiger partial charge in [0, 0.05) is 11.6 Å². The Balaban J connectivity index is 1.65. The summed E-state index contributed by atoms with van der Waals surface area (Å²) in [4.78, 5) is 24.2. The number of aryl methyl sites for hydroxylation is 1. The van der Waals surface area contributed by atoms with Crippen LogP contribution in [-0.4, -0.2) is 32.8 Å².